The van der Waals surface area contributed by atoms with Crippen molar-refractivity contribution in [2.24, 2.45) is 7.05 Å². The Labute approximate surface area is 158 Å². The van der Waals surface area contributed by atoms with E-state index in [9.17, 15) is 5.26 Å². The van der Waals surface area contributed by atoms with Crippen LogP contribution < -0.4 is 0 Å². The summed E-state index contributed by atoms with van der Waals surface area (Å²) in [6.07, 6.45) is 5.95. The maximum absolute atomic E-state index is 9.33. The highest BCUT2D eigenvalue weighted by Crippen LogP contribution is 2.27. The molecule has 0 saturated carbocycles. The standard InChI is InChI=1S/C20H23N7/c1-25-19(15-27-11-5-9-22-27)23-24-20(25)18-8-4-10-26(14-18)13-17-7-3-2-6-16(17)12-21/h2-3,5-7,9,11,18H,4,8,10,13-15H2,1H3. The molecule has 0 radical (unpaired) electrons. The van der Waals surface area contributed by atoms with Gasteiger partial charge >= 0.3 is 0 Å². The number of aromatic nitrogens is 5. The maximum atomic E-state index is 9.33. The summed E-state index contributed by atoms with van der Waals surface area (Å²) in [6.45, 7) is 3.42. The first-order chi connectivity index (χ1) is 13.2. The number of likely N-dealkylation sites (tertiary alicyclic amines) is 1. The minimum Gasteiger partial charge on any atom is -0.316 e. The van der Waals surface area contributed by atoms with Crippen LogP contribution in [-0.2, 0) is 20.1 Å². The van der Waals surface area contributed by atoms with Crippen molar-refractivity contribution in [1.82, 2.24) is 29.4 Å². The Kier molecular flexibility index (Phi) is 4.99. The van der Waals surface area contributed by atoms with Gasteiger partial charge < -0.3 is 4.57 Å². The number of piperidine rings is 1. The third-order valence-corrected chi connectivity index (χ3v) is 5.26. The van der Waals surface area contributed by atoms with Crippen LogP contribution in [0.3, 0.4) is 0 Å². The molecule has 1 saturated heterocycles. The molecule has 4 rings (SSSR count). The number of nitriles is 1. The van der Waals surface area contributed by atoms with Gasteiger partial charge in [0, 0.05) is 38.4 Å². The van der Waals surface area contributed by atoms with E-state index in [1.807, 2.05) is 48.3 Å². The van der Waals surface area contributed by atoms with Crippen molar-refractivity contribution in [3.63, 3.8) is 0 Å². The third kappa shape index (κ3) is 3.76. The summed E-state index contributed by atoms with van der Waals surface area (Å²) < 4.78 is 3.97. The van der Waals surface area contributed by atoms with Gasteiger partial charge in [-0.2, -0.15) is 10.4 Å². The maximum Gasteiger partial charge on any atom is 0.154 e. The molecule has 3 heterocycles. The van der Waals surface area contributed by atoms with Crippen molar-refractivity contribution in [2.45, 2.75) is 31.8 Å². The predicted molar refractivity (Wildman–Crippen MR) is 101 cm³/mol. The lowest BCUT2D eigenvalue weighted by atomic mass is 9.96. The van der Waals surface area contributed by atoms with Crippen molar-refractivity contribution in [3.8, 4) is 6.07 Å². The van der Waals surface area contributed by atoms with Crippen LogP contribution in [0.1, 0.15) is 41.5 Å². The highest BCUT2D eigenvalue weighted by atomic mass is 15.3. The van der Waals surface area contributed by atoms with E-state index in [4.69, 9.17) is 0 Å². The van der Waals surface area contributed by atoms with Gasteiger partial charge in [-0.1, -0.05) is 18.2 Å². The summed E-state index contributed by atoms with van der Waals surface area (Å²) in [7, 11) is 2.04. The van der Waals surface area contributed by atoms with Gasteiger partial charge in [0.25, 0.3) is 0 Å². The molecule has 0 amide bonds. The molecule has 1 unspecified atom stereocenters. The Hall–Kier alpha value is -2.98. The van der Waals surface area contributed by atoms with Crippen LogP contribution in [0.25, 0.3) is 0 Å². The number of rotatable bonds is 5. The summed E-state index contributed by atoms with van der Waals surface area (Å²) >= 11 is 0. The fourth-order valence-corrected chi connectivity index (χ4v) is 3.83. The van der Waals surface area contributed by atoms with Gasteiger partial charge in [-0.15, -0.1) is 10.2 Å². The van der Waals surface area contributed by atoms with Crippen molar-refractivity contribution in [1.29, 1.82) is 5.26 Å². The summed E-state index contributed by atoms with van der Waals surface area (Å²) in [5.41, 5.74) is 1.86. The molecule has 0 spiro atoms. The lowest BCUT2D eigenvalue weighted by Gasteiger charge is -2.32. The zero-order valence-electron chi connectivity index (χ0n) is 15.5. The molecule has 0 N–H and O–H groups in total. The van der Waals surface area contributed by atoms with E-state index >= 15 is 0 Å². The molecule has 3 aromatic rings. The monoisotopic (exact) mass is 361 g/mol. The number of benzene rings is 1. The highest BCUT2D eigenvalue weighted by Gasteiger charge is 2.26. The van der Waals surface area contributed by atoms with Crippen LogP contribution >= 0.6 is 0 Å². The van der Waals surface area contributed by atoms with Crippen LogP contribution in [0.2, 0.25) is 0 Å². The van der Waals surface area contributed by atoms with Crippen molar-refractivity contribution < 1.29 is 0 Å². The Bertz CT molecular complexity index is 936. The second-order valence-corrected chi connectivity index (χ2v) is 7.08. The molecule has 27 heavy (non-hydrogen) atoms. The summed E-state index contributed by atoms with van der Waals surface area (Å²) in [5.74, 6) is 2.31. The molecule has 1 aliphatic rings. The first-order valence-corrected chi connectivity index (χ1v) is 9.30. The Balaban J connectivity index is 1.47. The van der Waals surface area contributed by atoms with Crippen molar-refractivity contribution in [2.75, 3.05) is 13.1 Å². The molecule has 138 valence electrons. The SMILES string of the molecule is Cn1c(Cn2cccn2)nnc1C1CCCN(Cc2ccccc2C#N)C1. The van der Waals surface area contributed by atoms with E-state index in [0.717, 1.165) is 55.3 Å². The second kappa shape index (κ2) is 7.72. The highest BCUT2D eigenvalue weighted by molar-refractivity contribution is 5.37. The van der Waals surface area contributed by atoms with Gasteiger partial charge in [0.05, 0.1) is 11.6 Å². The van der Waals surface area contributed by atoms with Crippen molar-refractivity contribution >= 4 is 0 Å². The molecule has 7 heteroatoms. The fraction of sp³-hybridized carbons (Fsp3) is 0.400. The lowest BCUT2D eigenvalue weighted by molar-refractivity contribution is 0.195. The van der Waals surface area contributed by atoms with Gasteiger partial charge in [-0.05, 0) is 37.1 Å². The van der Waals surface area contributed by atoms with E-state index in [0.29, 0.717) is 12.5 Å². The van der Waals surface area contributed by atoms with Crippen LogP contribution in [-0.4, -0.2) is 42.5 Å². The lowest BCUT2D eigenvalue weighted by Crippen LogP contribution is -2.35. The first-order valence-electron chi connectivity index (χ1n) is 9.30. The summed E-state index contributed by atoms with van der Waals surface area (Å²) in [6, 6.07) is 12.1. The first kappa shape index (κ1) is 17.4. The molecule has 0 bridgehead atoms. The van der Waals surface area contributed by atoms with Crippen LogP contribution in [0.15, 0.2) is 42.7 Å². The minimum atomic E-state index is 0.358. The smallest absolute Gasteiger partial charge is 0.154 e. The Morgan fingerprint density at radius 3 is 2.89 bits per heavy atom. The molecular weight excluding hydrogens is 338 g/mol. The second-order valence-electron chi connectivity index (χ2n) is 7.08. The topological polar surface area (TPSA) is 75.6 Å². The molecular formula is C20H23N7. The van der Waals surface area contributed by atoms with Gasteiger partial charge in [0.15, 0.2) is 5.82 Å². The Morgan fingerprint density at radius 1 is 1.19 bits per heavy atom. The molecule has 0 aliphatic carbocycles. The number of hydrogen-bond donors (Lipinski definition) is 0. The average molecular weight is 361 g/mol. The molecule has 1 fully saturated rings. The minimum absolute atomic E-state index is 0.358. The van der Waals surface area contributed by atoms with Gasteiger partial charge in [-0.3, -0.25) is 9.58 Å². The number of nitrogens with zero attached hydrogens (tertiary/aromatic N) is 7. The van der Waals surface area contributed by atoms with Gasteiger partial charge in [0.1, 0.15) is 12.4 Å². The van der Waals surface area contributed by atoms with Crippen molar-refractivity contribution in [3.05, 3.63) is 65.5 Å². The van der Waals surface area contributed by atoms with E-state index in [1.165, 1.54) is 0 Å². The summed E-state index contributed by atoms with van der Waals surface area (Å²) in [5, 5.41) is 22.5. The zero-order valence-corrected chi connectivity index (χ0v) is 15.5. The predicted octanol–water partition coefficient (Wildman–Crippen LogP) is 2.31. The molecule has 2 aromatic heterocycles. The normalized spacial score (nSPS) is 17.7. The molecule has 1 atom stereocenters. The van der Waals surface area contributed by atoms with E-state index in [1.54, 1.807) is 6.20 Å². The van der Waals surface area contributed by atoms with Crippen LogP contribution in [0.4, 0.5) is 0 Å². The number of hydrogen-bond acceptors (Lipinski definition) is 5. The fourth-order valence-electron chi connectivity index (χ4n) is 3.83. The third-order valence-electron chi connectivity index (χ3n) is 5.26. The largest absolute Gasteiger partial charge is 0.316 e. The average Bonchev–Trinajstić information content (AvgIpc) is 3.33. The van der Waals surface area contributed by atoms with Crippen LogP contribution in [0, 0.1) is 11.3 Å². The van der Waals surface area contributed by atoms with Crippen LogP contribution in [0.5, 0.6) is 0 Å². The van der Waals surface area contributed by atoms with E-state index in [2.05, 4.69) is 30.8 Å². The molecule has 7 nitrogen and oxygen atoms in total. The zero-order chi connectivity index (χ0) is 18.6. The van der Waals surface area contributed by atoms with E-state index < -0.39 is 0 Å². The summed E-state index contributed by atoms with van der Waals surface area (Å²) in [4.78, 5) is 2.42. The van der Waals surface area contributed by atoms with Gasteiger partial charge in [0.2, 0.25) is 0 Å². The quantitative estimate of drug-likeness (QED) is 0.697. The van der Waals surface area contributed by atoms with Gasteiger partial charge in [-0.25, -0.2) is 0 Å². The molecule has 1 aromatic carbocycles. The Morgan fingerprint density at radius 2 is 2.07 bits per heavy atom. The van der Waals surface area contributed by atoms with E-state index in [-0.39, 0.29) is 0 Å². The molecule has 1 aliphatic heterocycles.